The molecule has 0 radical (unpaired) electrons. The van der Waals surface area contributed by atoms with Gasteiger partial charge in [0.2, 0.25) is 21.5 Å². The van der Waals surface area contributed by atoms with E-state index in [1.54, 1.807) is 55.5 Å². The van der Waals surface area contributed by atoms with E-state index in [9.17, 15) is 46.6 Å². The van der Waals surface area contributed by atoms with Crippen LogP contribution in [0.1, 0.15) is 41.3 Å². The van der Waals surface area contributed by atoms with Crippen molar-refractivity contribution in [3.63, 3.8) is 0 Å². The first-order valence-electron chi connectivity index (χ1n) is 15.6. The van der Waals surface area contributed by atoms with E-state index in [1.807, 2.05) is 0 Å². The molecule has 4 aromatic heterocycles. The number of nitro groups is 2. The molecule has 0 fully saturated rings. The number of halogens is 9. The highest BCUT2D eigenvalue weighted by Crippen LogP contribution is 2.31. The van der Waals surface area contributed by atoms with Gasteiger partial charge in [-0.15, -0.1) is 0 Å². The summed E-state index contributed by atoms with van der Waals surface area (Å²) in [5.74, 6) is -0.0354. The van der Waals surface area contributed by atoms with E-state index in [2.05, 4.69) is 35.5 Å². The summed E-state index contributed by atoms with van der Waals surface area (Å²) in [5, 5.41) is 30.6. The zero-order chi connectivity index (χ0) is 42.2. The molecule has 0 aliphatic rings. The van der Waals surface area contributed by atoms with E-state index in [0.717, 1.165) is 30.1 Å². The lowest BCUT2D eigenvalue weighted by atomic mass is 10.2. The molecule has 308 valence electrons. The standard InChI is InChI=1S/C16H12ClF3N6O2.C12H12F3N3.C4HCl2N3O2.CH4/c1-9-6-13(16(18,19)20)24-25(9)11-4-2-10(3-5-11)7-21-14-12(26(27)28)8-22-15(17)23-14;1-8-6-11(12(13,14)15)17-18(8)10-4-2-9(7-16)3-5-10;5-3-2(9(10)11)1-7-4(6)8-3;/h2-6,8H,7H2,1H3,(H,21,22,23);2-6H,7,16H2,1H3;1H;1H4. The fraction of sp³-hybridized carbons (Fsp3) is 0.212. The molecule has 16 nitrogen and oxygen atoms in total. The molecule has 25 heteroatoms. The molecule has 0 amide bonds. The van der Waals surface area contributed by atoms with Crippen LogP contribution in [0.5, 0.6) is 0 Å². The number of nitrogens with two attached hydrogens (primary N) is 1. The molecular weight excluding hydrogens is 849 g/mol. The zero-order valence-corrected chi connectivity index (χ0v) is 31.2. The Morgan fingerprint density at radius 3 is 1.50 bits per heavy atom. The Labute approximate surface area is 338 Å². The van der Waals surface area contributed by atoms with Gasteiger partial charge in [-0.1, -0.05) is 43.3 Å². The van der Waals surface area contributed by atoms with E-state index >= 15 is 0 Å². The fourth-order valence-corrected chi connectivity index (χ4v) is 5.05. The predicted molar refractivity (Wildman–Crippen MR) is 201 cm³/mol. The third-order valence-electron chi connectivity index (χ3n) is 7.24. The van der Waals surface area contributed by atoms with Crippen LogP contribution in [0.2, 0.25) is 15.7 Å². The number of anilines is 1. The average Bonchev–Trinajstić information content (AvgIpc) is 3.74. The highest BCUT2D eigenvalue weighted by Gasteiger charge is 2.35. The number of aromatic nitrogens is 8. The van der Waals surface area contributed by atoms with Crippen LogP contribution in [-0.4, -0.2) is 49.3 Å². The summed E-state index contributed by atoms with van der Waals surface area (Å²) in [5.41, 5.74) is 6.37. The van der Waals surface area contributed by atoms with Gasteiger partial charge in [-0.25, -0.2) is 19.3 Å². The van der Waals surface area contributed by atoms with Crippen LogP contribution in [0.4, 0.5) is 43.5 Å². The van der Waals surface area contributed by atoms with Crippen molar-refractivity contribution in [2.24, 2.45) is 5.73 Å². The lowest BCUT2D eigenvalue weighted by molar-refractivity contribution is -0.385. The molecule has 0 atom stereocenters. The molecule has 0 unspecified atom stereocenters. The first-order chi connectivity index (χ1) is 26.7. The summed E-state index contributed by atoms with van der Waals surface area (Å²) in [4.78, 5) is 33.9. The maximum atomic E-state index is 12.8. The van der Waals surface area contributed by atoms with Crippen molar-refractivity contribution in [1.82, 2.24) is 39.5 Å². The predicted octanol–water partition coefficient (Wildman–Crippen LogP) is 9.15. The van der Waals surface area contributed by atoms with Crippen LogP contribution in [0, 0.1) is 34.1 Å². The molecule has 0 saturated heterocycles. The van der Waals surface area contributed by atoms with Gasteiger partial charge in [0.1, 0.15) is 12.4 Å². The number of hydrogen-bond acceptors (Lipinski definition) is 12. The third kappa shape index (κ3) is 12.3. The fourth-order valence-electron chi connectivity index (χ4n) is 4.54. The molecule has 4 heterocycles. The second-order valence-corrected chi connectivity index (χ2v) is 12.3. The first kappa shape index (κ1) is 46.4. The van der Waals surface area contributed by atoms with Crippen LogP contribution in [-0.2, 0) is 25.4 Å². The van der Waals surface area contributed by atoms with E-state index in [0.29, 0.717) is 34.9 Å². The number of rotatable bonds is 8. The molecule has 0 saturated carbocycles. The first-order valence-corrected chi connectivity index (χ1v) is 16.7. The molecule has 0 bridgehead atoms. The van der Waals surface area contributed by atoms with Crippen LogP contribution in [0.15, 0.2) is 73.1 Å². The van der Waals surface area contributed by atoms with Gasteiger partial charge in [-0.3, -0.25) is 20.2 Å². The minimum atomic E-state index is -4.52. The van der Waals surface area contributed by atoms with Crippen LogP contribution in [0.25, 0.3) is 11.4 Å². The molecular formula is C33H29Cl3F6N12O4. The lowest BCUT2D eigenvalue weighted by Gasteiger charge is -2.08. The van der Waals surface area contributed by atoms with Crippen molar-refractivity contribution in [3.8, 4) is 11.4 Å². The Hall–Kier alpha value is -5.97. The smallest absolute Gasteiger partial charge is 0.360 e. The minimum Gasteiger partial charge on any atom is -0.360 e. The molecule has 3 N–H and O–H groups in total. The van der Waals surface area contributed by atoms with Gasteiger partial charge in [0.05, 0.1) is 21.2 Å². The Morgan fingerprint density at radius 2 is 1.12 bits per heavy atom. The van der Waals surface area contributed by atoms with Crippen molar-refractivity contribution < 1.29 is 36.2 Å². The number of aryl methyl sites for hydroxylation is 2. The van der Waals surface area contributed by atoms with Gasteiger partial charge in [0, 0.05) is 24.5 Å². The van der Waals surface area contributed by atoms with E-state index in [4.69, 9.17) is 40.5 Å². The maximum absolute atomic E-state index is 12.8. The van der Waals surface area contributed by atoms with Gasteiger partial charge in [0.15, 0.2) is 11.4 Å². The monoisotopic (exact) mass is 876 g/mol. The largest absolute Gasteiger partial charge is 0.435 e. The summed E-state index contributed by atoms with van der Waals surface area (Å²) < 4.78 is 78.4. The van der Waals surface area contributed by atoms with Gasteiger partial charge >= 0.3 is 23.7 Å². The van der Waals surface area contributed by atoms with Gasteiger partial charge < -0.3 is 11.1 Å². The summed E-state index contributed by atoms with van der Waals surface area (Å²) in [6.45, 7) is 3.68. The zero-order valence-electron chi connectivity index (χ0n) is 28.9. The molecule has 0 aliphatic heterocycles. The topological polar surface area (TPSA) is 212 Å². The summed E-state index contributed by atoms with van der Waals surface area (Å²) in [6, 6.07) is 15.4. The number of benzene rings is 2. The minimum absolute atomic E-state index is 0. The lowest BCUT2D eigenvalue weighted by Crippen LogP contribution is -2.08. The molecule has 0 aliphatic carbocycles. The van der Waals surface area contributed by atoms with Crippen molar-refractivity contribution in [2.45, 2.75) is 46.7 Å². The molecule has 0 spiro atoms. The van der Waals surface area contributed by atoms with Crippen LogP contribution in [0.3, 0.4) is 0 Å². The van der Waals surface area contributed by atoms with E-state index in [-0.39, 0.29) is 46.9 Å². The third-order valence-corrected chi connectivity index (χ3v) is 7.88. The summed E-state index contributed by atoms with van der Waals surface area (Å²) in [7, 11) is 0. The van der Waals surface area contributed by atoms with Gasteiger partial charge in [0.25, 0.3) is 0 Å². The molecule has 2 aromatic carbocycles. The molecule has 58 heavy (non-hydrogen) atoms. The highest BCUT2D eigenvalue weighted by molar-refractivity contribution is 6.33. The summed E-state index contributed by atoms with van der Waals surface area (Å²) in [6.07, 6.45) is -6.99. The van der Waals surface area contributed by atoms with Gasteiger partial charge in [-0.05, 0) is 84.6 Å². The van der Waals surface area contributed by atoms with E-state index < -0.39 is 33.6 Å². The van der Waals surface area contributed by atoms with Crippen molar-refractivity contribution in [1.29, 1.82) is 0 Å². The Bertz CT molecular complexity index is 2360. The summed E-state index contributed by atoms with van der Waals surface area (Å²) >= 11 is 16.3. The van der Waals surface area contributed by atoms with Crippen LogP contribution >= 0.6 is 34.8 Å². The number of hydrogen-bond donors (Lipinski definition) is 2. The Balaban J connectivity index is 0.000000256. The van der Waals surface area contributed by atoms with Gasteiger partial charge in [-0.2, -0.15) is 46.5 Å². The SMILES string of the molecule is C.Cc1cc(C(F)(F)F)nn1-c1ccc(CN)cc1.Cc1cc(C(F)(F)F)nn1-c1ccc(CNc2nc(Cl)ncc2[N+](=O)[O-])cc1.O=[N+]([O-])c1cnc(Cl)nc1Cl. The molecule has 6 rings (SSSR count). The second kappa shape index (κ2) is 19.5. The number of nitrogens with zero attached hydrogens (tertiary/aromatic N) is 10. The number of nitrogens with one attached hydrogen (secondary N) is 1. The highest BCUT2D eigenvalue weighted by atomic mass is 35.5. The van der Waals surface area contributed by atoms with Crippen LogP contribution < -0.4 is 11.1 Å². The Morgan fingerprint density at radius 1 is 0.707 bits per heavy atom. The quantitative estimate of drug-likeness (QED) is 0.0482. The van der Waals surface area contributed by atoms with Crippen molar-refractivity contribution in [3.05, 3.63) is 143 Å². The molecule has 6 aromatic rings. The van der Waals surface area contributed by atoms with E-state index in [1.165, 1.54) is 16.3 Å². The normalized spacial score (nSPS) is 11.0. The number of alkyl halides is 6. The second-order valence-electron chi connectivity index (χ2n) is 11.3. The van der Waals surface area contributed by atoms with Crippen molar-refractivity contribution >= 4 is 52.0 Å². The average molecular weight is 878 g/mol. The maximum Gasteiger partial charge on any atom is 0.435 e. The Kier molecular flexibility index (Phi) is 15.6. The van der Waals surface area contributed by atoms with Crippen molar-refractivity contribution in [2.75, 3.05) is 5.32 Å².